The average molecular weight is 396 g/mol. The monoisotopic (exact) mass is 396 g/mol. The molecule has 3 heterocycles. The third-order valence-corrected chi connectivity index (χ3v) is 6.20. The highest BCUT2D eigenvalue weighted by Gasteiger charge is 2.34. The molecule has 2 aliphatic rings. The van der Waals surface area contributed by atoms with Crippen LogP contribution in [0.4, 0.5) is 13.2 Å². The minimum absolute atomic E-state index is 0.366. The molecule has 29 heavy (non-hydrogen) atoms. The fraction of sp³-hybridized carbons (Fsp3) is 0.333. The second-order valence-corrected chi connectivity index (χ2v) is 8.24. The number of hydrogen-bond acceptors (Lipinski definition) is 1. The lowest BCUT2D eigenvalue weighted by Crippen LogP contribution is -2.42. The van der Waals surface area contributed by atoms with Gasteiger partial charge in [-0.3, -0.25) is 0 Å². The summed E-state index contributed by atoms with van der Waals surface area (Å²) >= 11 is 0. The molecule has 1 aromatic heterocycles. The van der Waals surface area contributed by atoms with Gasteiger partial charge in [0.25, 0.3) is 0 Å². The number of fused-ring (bicyclic) bond motifs is 6. The molecule has 5 rings (SSSR count). The van der Waals surface area contributed by atoms with Gasteiger partial charge >= 0.3 is 6.18 Å². The van der Waals surface area contributed by atoms with Crippen molar-refractivity contribution in [2.75, 3.05) is 0 Å². The average Bonchev–Trinajstić information content (AvgIpc) is 2.98. The van der Waals surface area contributed by atoms with E-state index in [0.29, 0.717) is 17.6 Å². The van der Waals surface area contributed by atoms with Gasteiger partial charge in [-0.2, -0.15) is 13.2 Å². The van der Waals surface area contributed by atoms with Crippen molar-refractivity contribution in [3.8, 4) is 0 Å². The molecular weight excluding hydrogens is 373 g/mol. The molecule has 5 heteroatoms. The van der Waals surface area contributed by atoms with E-state index >= 15 is 0 Å². The van der Waals surface area contributed by atoms with E-state index in [1.165, 1.54) is 47.2 Å². The van der Waals surface area contributed by atoms with E-state index in [0.717, 1.165) is 24.4 Å². The van der Waals surface area contributed by atoms with Crippen LogP contribution in [-0.2, 0) is 12.6 Å². The summed E-state index contributed by atoms with van der Waals surface area (Å²) in [4.78, 5) is 0. The van der Waals surface area contributed by atoms with E-state index in [4.69, 9.17) is 0 Å². The summed E-state index contributed by atoms with van der Waals surface area (Å²) < 4.78 is 41.3. The normalized spacial score (nSPS) is 21.7. The van der Waals surface area contributed by atoms with Crippen molar-refractivity contribution >= 4 is 23.2 Å². The van der Waals surface area contributed by atoms with Crippen molar-refractivity contribution in [3.63, 3.8) is 0 Å². The van der Waals surface area contributed by atoms with Crippen LogP contribution in [0.25, 0.3) is 23.2 Å². The molecule has 3 aromatic rings. The second-order valence-electron chi connectivity index (χ2n) is 8.24. The van der Waals surface area contributed by atoms with Crippen molar-refractivity contribution in [2.24, 2.45) is 0 Å². The zero-order valence-electron chi connectivity index (χ0n) is 16.3. The van der Waals surface area contributed by atoms with Crippen molar-refractivity contribution in [2.45, 2.75) is 50.9 Å². The van der Waals surface area contributed by atoms with Gasteiger partial charge in [-0.1, -0.05) is 23.8 Å². The van der Waals surface area contributed by atoms with E-state index in [1.807, 2.05) is 6.20 Å². The lowest BCUT2D eigenvalue weighted by Gasteiger charge is -2.36. The maximum absolute atomic E-state index is 13.0. The highest BCUT2D eigenvalue weighted by Crippen LogP contribution is 2.41. The Morgan fingerprint density at radius 3 is 2.79 bits per heavy atom. The van der Waals surface area contributed by atoms with Gasteiger partial charge in [0.05, 0.1) is 11.1 Å². The Morgan fingerprint density at radius 1 is 1.10 bits per heavy atom. The fourth-order valence-corrected chi connectivity index (χ4v) is 4.89. The number of piperidine rings is 1. The molecule has 2 aromatic carbocycles. The van der Waals surface area contributed by atoms with Crippen LogP contribution in [0.5, 0.6) is 0 Å². The standard InChI is InChI=1S/C24H23F3N2/c1-15-8-9-21-19(12-15)23-20-7-3-6-18(28-20)14-22(23)29(21)11-10-16-4-2-5-17(13-16)24(25,26)27/h2,4-5,8-13,18,20,28H,3,6-7,14H2,1H3/b11-10+/t18-,20+/m0/s1. The van der Waals surface area contributed by atoms with Crippen LogP contribution in [0.1, 0.15) is 53.3 Å². The van der Waals surface area contributed by atoms with Crippen LogP contribution in [0.3, 0.4) is 0 Å². The predicted molar refractivity (Wildman–Crippen MR) is 111 cm³/mol. The molecule has 0 unspecified atom stereocenters. The molecule has 150 valence electrons. The Hall–Kier alpha value is -2.53. The Morgan fingerprint density at radius 2 is 1.97 bits per heavy atom. The van der Waals surface area contributed by atoms with Gasteiger partial charge < -0.3 is 9.88 Å². The predicted octanol–water partition coefficient (Wildman–Crippen LogP) is 6.34. The lowest BCUT2D eigenvalue weighted by molar-refractivity contribution is -0.137. The summed E-state index contributed by atoms with van der Waals surface area (Å²) in [5.41, 5.74) is 4.94. The number of alkyl halides is 3. The number of aryl methyl sites for hydroxylation is 1. The molecule has 0 spiro atoms. The first-order valence-corrected chi connectivity index (χ1v) is 10.1. The number of aromatic nitrogens is 1. The number of nitrogens with one attached hydrogen (secondary N) is 1. The van der Waals surface area contributed by atoms with Crippen LogP contribution in [0.2, 0.25) is 0 Å². The third kappa shape index (κ3) is 3.27. The zero-order chi connectivity index (χ0) is 20.2. The maximum atomic E-state index is 13.0. The maximum Gasteiger partial charge on any atom is 0.416 e. The van der Waals surface area contributed by atoms with Gasteiger partial charge in [-0.05, 0) is 67.7 Å². The van der Waals surface area contributed by atoms with Crippen molar-refractivity contribution < 1.29 is 13.2 Å². The topological polar surface area (TPSA) is 17.0 Å². The number of halogens is 3. The van der Waals surface area contributed by atoms with Gasteiger partial charge in [-0.15, -0.1) is 0 Å². The molecule has 2 nitrogen and oxygen atoms in total. The molecule has 2 atom stereocenters. The van der Waals surface area contributed by atoms with Gasteiger partial charge in [0.2, 0.25) is 0 Å². The molecule has 1 fully saturated rings. The summed E-state index contributed by atoms with van der Waals surface area (Å²) in [6.07, 6.45) is 3.89. The van der Waals surface area contributed by atoms with Crippen LogP contribution in [0, 0.1) is 6.92 Å². The largest absolute Gasteiger partial charge is 0.416 e. The van der Waals surface area contributed by atoms with Crippen LogP contribution in [0.15, 0.2) is 42.5 Å². The van der Waals surface area contributed by atoms with Crippen molar-refractivity contribution in [1.29, 1.82) is 0 Å². The third-order valence-electron chi connectivity index (χ3n) is 6.20. The Balaban J connectivity index is 1.63. The molecule has 0 radical (unpaired) electrons. The van der Waals surface area contributed by atoms with E-state index in [2.05, 4.69) is 35.0 Å². The van der Waals surface area contributed by atoms with E-state index in [1.54, 1.807) is 12.1 Å². The first-order chi connectivity index (χ1) is 13.9. The molecule has 1 saturated heterocycles. The SMILES string of the molecule is Cc1ccc2c(c1)c1c(n2/C=C/c2cccc(C(F)(F)F)c2)C[C@@H]2CCC[C@H]1N2. The van der Waals surface area contributed by atoms with Gasteiger partial charge in [0.15, 0.2) is 0 Å². The summed E-state index contributed by atoms with van der Waals surface area (Å²) in [5.74, 6) is 0. The summed E-state index contributed by atoms with van der Waals surface area (Å²) in [6.45, 7) is 2.10. The molecule has 0 amide bonds. The lowest BCUT2D eigenvalue weighted by atomic mass is 9.84. The molecular formula is C24H23F3N2. The number of hydrogen-bond donors (Lipinski definition) is 1. The molecule has 2 aliphatic heterocycles. The van der Waals surface area contributed by atoms with Gasteiger partial charge in [0.1, 0.15) is 0 Å². The molecule has 2 bridgehead atoms. The number of rotatable bonds is 2. The van der Waals surface area contributed by atoms with Crippen LogP contribution >= 0.6 is 0 Å². The second kappa shape index (κ2) is 6.77. The summed E-state index contributed by atoms with van der Waals surface area (Å²) in [6, 6.07) is 12.8. The zero-order valence-corrected chi connectivity index (χ0v) is 16.3. The van der Waals surface area contributed by atoms with E-state index in [9.17, 15) is 13.2 Å². The molecule has 1 N–H and O–H groups in total. The van der Waals surface area contributed by atoms with Crippen LogP contribution in [-0.4, -0.2) is 10.6 Å². The minimum Gasteiger partial charge on any atom is -0.320 e. The molecule has 0 aliphatic carbocycles. The fourth-order valence-electron chi connectivity index (χ4n) is 4.89. The smallest absolute Gasteiger partial charge is 0.320 e. The van der Waals surface area contributed by atoms with E-state index in [-0.39, 0.29) is 0 Å². The summed E-state index contributed by atoms with van der Waals surface area (Å²) in [5, 5.41) is 5.03. The highest BCUT2D eigenvalue weighted by atomic mass is 19.4. The molecule has 0 saturated carbocycles. The Labute approximate surface area is 168 Å². The number of nitrogens with zero attached hydrogens (tertiary/aromatic N) is 1. The number of benzene rings is 2. The Kier molecular flexibility index (Phi) is 4.32. The first-order valence-electron chi connectivity index (χ1n) is 10.1. The highest BCUT2D eigenvalue weighted by molar-refractivity contribution is 5.90. The van der Waals surface area contributed by atoms with Crippen molar-refractivity contribution in [3.05, 3.63) is 70.4 Å². The van der Waals surface area contributed by atoms with Gasteiger partial charge in [0, 0.05) is 35.8 Å². The first kappa shape index (κ1) is 18.5. The Bertz CT molecular complexity index is 1110. The minimum atomic E-state index is -4.33. The van der Waals surface area contributed by atoms with Crippen LogP contribution < -0.4 is 5.32 Å². The van der Waals surface area contributed by atoms with Gasteiger partial charge in [-0.25, -0.2) is 0 Å². The van der Waals surface area contributed by atoms with E-state index < -0.39 is 11.7 Å². The van der Waals surface area contributed by atoms with Crippen molar-refractivity contribution in [1.82, 2.24) is 9.88 Å². The summed E-state index contributed by atoms with van der Waals surface area (Å²) in [7, 11) is 0. The quantitative estimate of drug-likeness (QED) is 0.535.